The van der Waals surface area contributed by atoms with E-state index in [1.807, 2.05) is 18.2 Å². The molecule has 0 saturated heterocycles. The molecule has 0 amide bonds. The number of nitrogens with zero attached hydrogens (tertiary/aromatic N) is 2. The maximum absolute atomic E-state index is 5.70. The summed E-state index contributed by atoms with van der Waals surface area (Å²) in [6, 6.07) is 12.2. The molecule has 0 N–H and O–H groups in total. The minimum absolute atomic E-state index is 0.640. The molecule has 0 aliphatic heterocycles. The number of anilines is 1. The molecule has 20 heavy (non-hydrogen) atoms. The van der Waals surface area contributed by atoms with Gasteiger partial charge in [0.05, 0.1) is 13.2 Å². The van der Waals surface area contributed by atoms with Crippen LogP contribution in [0.3, 0.4) is 0 Å². The van der Waals surface area contributed by atoms with Crippen LogP contribution in [0.2, 0.25) is 0 Å². The normalized spacial score (nSPS) is 10.2. The van der Waals surface area contributed by atoms with Gasteiger partial charge in [-0.15, -0.1) is 0 Å². The van der Waals surface area contributed by atoms with E-state index in [9.17, 15) is 0 Å². The minimum atomic E-state index is 0.640. The Morgan fingerprint density at radius 1 is 1.15 bits per heavy atom. The Morgan fingerprint density at radius 2 is 1.85 bits per heavy atom. The molecule has 0 radical (unpaired) electrons. The number of benzene rings is 1. The molecule has 2 rings (SSSR count). The number of hydrogen-bond donors (Lipinski definition) is 0. The van der Waals surface area contributed by atoms with Crippen LogP contribution in [0, 0.1) is 0 Å². The van der Waals surface area contributed by atoms with Crippen LogP contribution < -0.4 is 4.90 Å². The molecule has 0 unspecified atom stereocenters. The highest BCUT2D eigenvalue weighted by molar-refractivity contribution is 5.47. The van der Waals surface area contributed by atoms with E-state index in [2.05, 4.69) is 47.8 Å². The van der Waals surface area contributed by atoms with Crippen LogP contribution in [-0.2, 0) is 11.3 Å². The summed E-state index contributed by atoms with van der Waals surface area (Å²) in [5.74, 6) is 0. The van der Waals surface area contributed by atoms with Crippen molar-refractivity contribution in [2.75, 3.05) is 25.1 Å². The summed E-state index contributed by atoms with van der Waals surface area (Å²) in [7, 11) is 2.05. The Bertz CT molecular complexity index is 522. The van der Waals surface area contributed by atoms with Crippen molar-refractivity contribution in [1.82, 2.24) is 4.98 Å². The fourth-order valence-electron chi connectivity index (χ4n) is 1.87. The molecule has 3 heteroatoms. The van der Waals surface area contributed by atoms with Crippen LogP contribution in [0.5, 0.6) is 0 Å². The third-order valence-electron chi connectivity index (χ3n) is 3.16. The molecule has 0 aliphatic carbocycles. The Labute approximate surface area is 120 Å². The van der Waals surface area contributed by atoms with Crippen molar-refractivity contribution in [3.63, 3.8) is 0 Å². The molecule has 0 spiro atoms. The van der Waals surface area contributed by atoms with Crippen molar-refractivity contribution in [3.05, 3.63) is 66.5 Å². The summed E-state index contributed by atoms with van der Waals surface area (Å²) in [6.45, 7) is 5.94. The second kappa shape index (κ2) is 7.46. The zero-order valence-corrected chi connectivity index (χ0v) is 11.8. The van der Waals surface area contributed by atoms with Crippen molar-refractivity contribution in [2.45, 2.75) is 6.61 Å². The average Bonchev–Trinajstić information content (AvgIpc) is 2.53. The van der Waals surface area contributed by atoms with Crippen LogP contribution in [-0.4, -0.2) is 25.2 Å². The van der Waals surface area contributed by atoms with E-state index < -0.39 is 0 Å². The van der Waals surface area contributed by atoms with E-state index in [4.69, 9.17) is 4.74 Å². The predicted molar refractivity (Wildman–Crippen MR) is 83.7 cm³/mol. The van der Waals surface area contributed by atoms with Gasteiger partial charge in [-0.25, -0.2) is 0 Å². The molecule has 104 valence electrons. The molecule has 2 aromatic rings. The number of hydrogen-bond acceptors (Lipinski definition) is 3. The van der Waals surface area contributed by atoms with Gasteiger partial charge in [0.1, 0.15) is 0 Å². The van der Waals surface area contributed by atoms with Gasteiger partial charge in [-0.3, -0.25) is 4.98 Å². The summed E-state index contributed by atoms with van der Waals surface area (Å²) in [5, 5.41) is 0. The number of likely N-dealkylation sites (N-methyl/N-ethyl adjacent to an activating group) is 1. The quantitative estimate of drug-likeness (QED) is 0.720. The second-order valence-corrected chi connectivity index (χ2v) is 4.63. The summed E-state index contributed by atoms with van der Waals surface area (Å²) in [5.41, 5.74) is 3.47. The molecular weight excluding hydrogens is 248 g/mol. The number of ether oxygens (including phenoxy) is 1. The lowest BCUT2D eigenvalue weighted by Crippen LogP contribution is -2.22. The topological polar surface area (TPSA) is 25.4 Å². The molecule has 0 bridgehead atoms. The van der Waals surface area contributed by atoms with Gasteiger partial charge in [-0.1, -0.05) is 36.9 Å². The van der Waals surface area contributed by atoms with Gasteiger partial charge in [-0.2, -0.15) is 0 Å². The molecule has 0 fully saturated rings. The summed E-state index contributed by atoms with van der Waals surface area (Å²) >= 11 is 0. The van der Waals surface area contributed by atoms with Gasteiger partial charge in [0.25, 0.3) is 0 Å². The lowest BCUT2D eigenvalue weighted by Gasteiger charge is -2.18. The minimum Gasteiger partial charge on any atom is -0.375 e. The standard InChI is InChI=1S/C17H20N2O/c1-3-15-4-6-16(7-5-15)14-20-13-12-19(2)17-8-10-18-11-9-17/h3-11H,1,12-14H2,2H3. The lowest BCUT2D eigenvalue weighted by molar-refractivity contribution is 0.127. The van der Waals surface area contributed by atoms with Crippen LogP contribution in [0.4, 0.5) is 5.69 Å². The number of rotatable bonds is 7. The molecule has 0 aliphatic rings. The van der Waals surface area contributed by atoms with E-state index in [-0.39, 0.29) is 0 Å². The zero-order chi connectivity index (χ0) is 14.2. The molecule has 3 nitrogen and oxygen atoms in total. The molecular formula is C17H20N2O. The van der Waals surface area contributed by atoms with Crippen LogP contribution in [0.15, 0.2) is 55.4 Å². The highest BCUT2D eigenvalue weighted by Crippen LogP contribution is 2.10. The SMILES string of the molecule is C=Cc1ccc(COCCN(C)c2ccncc2)cc1. The van der Waals surface area contributed by atoms with E-state index in [0.29, 0.717) is 13.2 Å². The van der Waals surface area contributed by atoms with Gasteiger partial charge in [-0.05, 0) is 23.3 Å². The maximum atomic E-state index is 5.70. The number of aromatic nitrogens is 1. The average molecular weight is 268 g/mol. The van der Waals surface area contributed by atoms with Crippen LogP contribution >= 0.6 is 0 Å². The largest absolute Gasteiger partial charge is 0.375 e. The first-order valence-corrected chi connectivity index (χ1v) is 6.70. The molecule has 1 aromatic carbocycles. The van der Waals surface area contributed by atoms with Gasteiger partial charge in [0.15, 0.2) is 0 Å². The third kappa shape index (κ3) is 4.21. The zero-order valence-electron chi connectivity index (χ0n) is 11.8. The van der Waals surface area contributed by atoms with Crippen molar-refractivity contribution in [1.29, 1.82) is 0 Å². The molecule has 0 saturated carbocycles. The summed E-state index contributed by atoms with van der Waals surface area (Å²) in [6.07, 6.45) is 5.44. The fourth-order valence-corrected chi connectivity index (χ4v) is 1.87. The van der Waals surface area contributed by atoms with Gasteiger partial charge in [0, 0.05) is 31.7 Å². The summed E-state index contributed by atoms with van der Waals surface area (Å²) in [4.78, 5) is 6.17. The Kier molecular flexibility index (Phi) is 5.33. The predicted octanol–water partition coefficient (Wildman–Crippen LogP) is 3.38. The lowest BCUT2D eigenvalue weighted by atomic mass is 10.1. The monoisotopic (exact) mass is 268 g/mol. The van der Waals surface area contributed by atoms with Gasteiger partial charge in [0.2, 0.25) is 0 Å². The molecule has 1 heterocycles. The maximum Gasteiger partial charge on any atom is 0.0717 e. The molecule has 0 atom stereocenters. The first-order valence-electron chi connectivity index (χ1n) is 6.70. The highest BCUT2D eigenvalue weighted by Gasteiger charge is 2.00. The number of pyridine rings is 1. The first kappa shape index (κ1) is 14.3. The summed E-state index contributed by atoms with van der Waals surface area (Å²) < 4.78 is 5.70. The second-order valence-electron chi connectivity index (χ2n) is 4.63. The van der Waals surface area contributed by atoms with Crippen LogP contribution in [0.25, 0.3) is 6.08 Å². The van der Waals surface area contributed by atoms with E-state index in [1.165, 1.54) is 5.56 Å². The third-order valence-corrected chi connectivity index (χ3v) is 3.16. The molecule has 1 aromatic heterocycles. The smallest absolute Gasteiger partial charge is 0.0717 e. The van der Waals surface area contributed by atoms with E-state index in [0.717, 1.165) is 17.8 Å². The fraction of sp³-hybridized carbons (Fsp3) is 0.235. The van der Waals surface area contributed by atoms with Gasteiger partial charge >= 0.3 is 0 Å². The Morgan fingerprint density at radius 3 is 2.50 bits per heavy atom. The Hall–Kier alpha value is -2.13. The van der Waals surface area contributed by atoms with Crippen molar-refractivity contribution < 1.29 is 4.74 Å². The Balaban J connectivity index is 1.72. The van der Waals surface area contributed by atoms with Crippen molar-refractivity contribution in [3.8, 4) is 0 Å². The van der Waals surface area contributed by atoms with Gasteiger partial charge < -0.3 is 9.64 Å². The van der Waals surface area contributed by atoms with Crippen molar-refractivity contribution >= 4 is 11.8 Å². The van der Waals surface area contributed by atoms with E-state index in [1.54, 1.807) is 12.4 Å². The highest BCUT2D eigenvalue weighted by atomic mass is 16.5. The van der Waals surface area contributed by atoms with E-state index >= 15 is 0 Å². The van der Waals surface area contributed by atoms with Crippen LogP contribution in [0.1, 0.15) is 11.1 Å². The van der Waals surface area contributed by atoms with Crippen molar-refractivity contribution in [2.24, 2.45) is 0 Å². The first-order chi connectivity index (χ1) is 9.79.